The Labute approximate surface area is 285 Å². The summed E-state index contributed by atoms with van der Waals surface area (Å²) in [5.74, 6) is -0.408. The van der Waals surface area contributed by atoms with Crippen LogP contribution in [-0.2, 0) is 31.6 Å². The number of fused-ring (bicyclic) bond motifs is 1. The summed E-state index contributed by atoms with van der Waals surface area (Å²) in [5, 5.41) is 12.9. The van der Waals surface area contributed by atoms with E-state index < -0.39 is 33.8 Å². The van der Waals surface area contributed by atoms with Crippen molar-refractivity contribution in [2.45, 2.75) is 36.0 Å². The van der Waals surface area contributed by atoms with E-state index >= 15 is 4.79 Å². The number of hydrogen-bond donors (Lipinski definition) is 1. The van der Waals surface area contributed by atoms with Crippen LogP contribution in [0.3, 0.4) is 0 Å². The van der Waals surface area contributed by atoms with E-state index in [0.717, 1.165) is 36.0 Å². The maximum absolute atomic E-state index is 15.3. The minimum atomic E-state index is -4.51. The molecule has 3 aromatic rings. The molecule has 0 radical (unpaired) electrons. The van der Waals surface area contributed by atoms with Crippen LogP contribution >= 0.6 is 11.6 Å². The number of nitriles is 1. The molecule has 14 heteroatoms. The number of amides is 2. The molecule has 2 amide bonds. The molecular weight excluding hydrogens is 656 g/mol. The summed E-state index contributed by atoms with van der Waals surface area (Å²) in [6.07, 6.45) is -0.490. The van der Waals surface area contributed by atoms with Gasteiger partial charge in [0.05, 0.1) is 29.3 Å². The molecule has 12 nitrogen and oxygen atoms in total. The zero-order valence-corrected chi connectivity index (χ0v) is 28.6. The lowest BCUT2D eigenvalue weighted by atomic mass is 9.81. The van der Waals surface area contributed by atoms with E-state index in [2.05, 4.69) is 10.2 Å². The van der Waals surface area contributed by atoms with Crippen LogP contribution in [0.15, 0.2) is 65.6 Å². The van der Waals surface area contributed by atoms with Gasteiger partial charge in [-0.3, -0.25) is 9.69 Å². The molecule has 2 saturated heterocycles. The molecule has 0 aliphatic carbocycles. The summed E-state index contributed by atoms with van der Waals surface area (Å²) >= 11 is 6.61. The summed E-state index contributed by atoms with van der Waals surface area (Å²) in [4.78, 5) is 33.5. The first kappa shape index (κ1) is 33.7. The number of benzene rings is 3. The van der Waals surface area contributed by atoms with Gasteiger partial charge >= 0.3 is 6.09 Å². The summed E-state index contributed by atoms with van der Waals surface area (Å²) in [6, 6.07) is 17.6. The van der Waals surface area contributed by atoms with Gasteiger partial charge in [0.1, 0.15) is 5.75 Å². The Morgan fingerprint density at radius 2 is 1.79 bits per heavy atom. The highest BCUT2D eigenvalue weighted by molar-refractivity contribution is 7.93. The number of carbonyl (C=O) groups is 2. The Bertz CT molecular complexity index is 1880. The summed E-state index contributed by atoms with van der Waals surface area (Å²) in [5.41, 5.74) is 0.253. The van der Waals surface area contributed by atoms with Gasteiger partial charge in [0.2, 0.25) is 0 Å². The van der Waals surface area contributed by atoms with E-state index in [-0.39, 0.29) is 16.1 Å². The minimum Gasteiger partial charge on any atom is -0.496 e. The van der Waals surface area contributed by atoms with Gasteiger partial charge in [-0.05, 0) is 66.9 Å². The second kappa shape index (κ2) is 13.4. The number of nitrogens with one attached hydrogen (secondary N) is 1. The smallest absolute Gasteiger partial charge is 0.410 e. The first-order valence-corrected chi connectivity index (χ1v) is 17.5. The molecule has 0 saturated carbocycles. The van der Waals surface area contributed by atoms with Crippen molar-refractivity contribution in [1.82, 2.24) is 20.0 Å². The van der Waals surface area contributed by atoms with Gasteiger partial charge in [-0.2, -0.15) is 5.26 Å². The standard InChI is InChI=1S/C34H37ClN6O6S/c1-38(2)33(43)47-31-5-4-16-40(31)34(27-12-8-24(19-30(27)46-3)22-39-17-14-37-15-18-39)28-20-25(35)9-13-29(28)41(32(34)42)48(44,45)26-10-6-23(21-36)7-11-26/h6-13,19-20,31,37H,4-5,14-18,22H2,1-3H3/t31-,34?/m0/s1. The number of hydrogen-bond acceptors (Lipinski definition) is 10. The molecular formula is C34H37ClN6O6S. The lowest BCUT2D eigenvalue weighted by molar-refractivity contribution is -0.132. The number of methoxy groups -OCH3 is 1. The average molecular weight is 693 g/mol. The molecule has 0 spiro atoms. The van der Waals surface area contributed by atoms with Gasteiger partial charge in [-0.1, -0.05) is 23.7 Å². The lowest BCUT2D eigenvalue weighted by Crippen LogP contribution is -2.57. The number of piperazine rings is 1. The van der Waals surface area contributed by atoms with Gasteiger partial charge in [0.15, 0.2) is 11.8 Å². The number of anilines is 1. The molecule has 0 aromatic heterocycles. The fraction of sp³-hybridized carbons (Fsp3) is 0.382. The second-order valence-corrected chi connectivity index (χ2v) is 14.4. The Morgan fingerprint density at radius 3 is 2.46 bits per heavy atom. The molecule has 48 heavy (non-hydrogen) atoms. The Hall–Kier alpha value is -4.19. The highest BCUT2D eigenvalue weighted by Crippen LogP contribution is 2.55. The molecule has 1 unspecified atom stereocenters. The summed E-state index contributed by atoms with van der Waals surface area (Å²) < 4.78 is 41.6. The monoisotopic (exact) mass is 692 g/mol. The molecule has 3 heterocycles. The van der Waals surface area contributed by atoms with E-state index in [4.69, 9.17) is 21.1 Å². The van der Waals surface area contributed by atoms with Crippen molar-refractivity contribution in [2.75, 3.05) is 58.2 Å². The average Bonchev–Trinajstić information content (AvgIpc) is 3.64. The van der Waals surface area contributed by atoms with E-state index in [1.54, 1.807) is 31.1 Å². The number of sulfonamides is 1. The topological polar surface area (TPSA) is 136 Å². The van der Waals surface area contributed by atoms with Crippen LogP contribution in [0.2, 0.25) is 5.02 Å². The highest BCUT2D eigenvalue weighted by atomic mass is 35.5. The third-order valence-corrected chi connectivity index (χ3v) is 11.0. The predicted octanol–water partition coefficient (Wildman–Crippen LogP) is 3.72. The Kier molecular flexibility index (Phi) is 9.39. The normalized spacial score (nSPS) is 21.5. The zero-order valence-electron chi connectivity index (χ0n) is 27.0. The van der Waals surface area contributed by atoms with Crippen molar-refractivity contribution in [3.63, 3.8) is 0 Å². The quantitative estimate of drug-likeness (QED) is 0.372. The van der Waals surface area contributed by atoms with Gasteiger partial charge in [-0.15, -0.1) is 0 Å². The van der Waals surface area contributed by atoms with Crippen molar-refractivity contribution in [1.29, 1.82) is 5.26 Å². The number of ether oxygens (including phenoxy) is 2. The van der Waals surface area contributed by atoms with E-state index in [9.17, 15) is 18.5 Å². The van der Waals surface area contributed by atoms with Crippen LogP contribution in [-0.4, -0.2) is 95.3 Å². The summed E-state index contributed by atoms with van der Waals surface area (Å²) in [6.45, 7) is 4.50. The van der Waals surface area contributed by atoms with Crippen LogP contribution in [0, 0.1) is 11.3 Å². The third-order valence-electron chi connectivity index (χ3n) is 9.08. The summed E-state index contributed by atoms with van der Waals surface area (Å²) in [7, 11) is 0.136. The van der Waals surface area contributed by atoms with Crippen molar-refractivity contribution in [2.24, 2.45) is 0 Å². The number of nitrogens with zero attached hydrogens (tertiary/aromatic N) is 5. The van der Waals surface area contributed by atoms with Crippen LogP contribution in [0.25, 0.3) is 0 Å². The van der Waals surface area contributed by atoms with Gasteiger partial charge in [0.25, 0.3) is 15.9 Å². The maximum atomic E-state index is 15.3. The van der Waals surface area contributed by atoms with Crippen molar-refractivity contribution in [3.05, 3.63) is 87.9 Å². The number of rotatable bonds is 8. The number of carbonyl (C=O) groups excluding carboxylic acids is 2. The van der Waals surface area contributed by atoms with Gasteiger partial charge < -0.3 is 19.7 Å². The van der Waals surface area contributed by atoms with Gasteiger partial charge in [-0.25, -0.2) is 22.4 Å². The first-order valence-electron chi connectivity index (χ1n) is 15.7. The first-order chi connectivity index (χ1) is 23.0. The molecule has 2 atom stereocenters. The van der Waals surface area contributed by atoms with E-state index in [1.165, 1.54) is 48.4 Å². The van der Waals surface area contributed by atoms with Crippen molar-refractivity contribution < 1.29 is 27.5 Å². The molecule has 3 aromatic carbocycles. The molecule has 1 N–H and O–H groups in total. The van der Waals surface area contributed by atoms with E-state index in [0.29, 0.717) is 47.8 Å². The molecule has 6 rings (SSSR count). The van der Waals surface area contributed by atoms with Gasteiger partial charge in [0, 0.05) is 69.5 Å². The molecule has 3 aliphatic rings. The minimum absolute atomic E-state index is 0.116. The molecule has 0 bridgehead atoms. The zero-order chi connectivity index (χ0) is 34.2. The van der Waals surface area contributed by atoms with Crippen molar-refractivity contribution in [3.8, 4) is 11.8 Å². The molecule has 2 fully saturated rings. The number of likely N-dealkylation sites (tertiary alicyclic amines) is 1. The fourth-order valence-electron chi connectivity index (χ4n) is 6.81. The van der Waals surface area contributed by atoms with Crippen molar-refractivity contribution >= 4 is 39.3 Å². The maximum Gasteiger partial charge on any atom is 0.410 e. The lowest BCUT2D eigenvalue weighted by Gasteiger charge is -2.41. The Morgan fingerprint density at radius 1 is 1.06 bits per heavy atom. The van der Waals surface area contributed by atoms with Crippen LogP contribution in [0.4, 0.5) is 10.5 Å². The largest absolute Gasteiger partial charge is 0.496 e. The van der Waals surface area contributed by atoms with Crippen LogP contribution in [0.5, 0.6) is 5.75 Å². The molecule has 3 aliphatic heterocycles. The third kappa shape index (κ3) is 5.77. The SMILES string of the molecule is COc1cc(CN2CCNCC2)ccc1C1(N2CCC[C@@H]2OC(=O)N(C)C)C(=O)N(S(=O)(=O)c2ccc(C#N)cc2)c2ccc(Cl)cc21. The van der Waals surface area contributed by atoms with Crippen LogP contribution in [0.1, 0.15) is 35.1 Å². The predicted molar refractivity (Wildman–Crippen MR) is 179 cm³/mol. The highest BCUT2D eigenvalue weighted by Gasteiger charge is 2.63. The van der Waals surface area contributed by atoms with E-state index in [1.807, 2.05) is 18.2 Å². The second-order valence-electron chi connectivity index (χ2n) is 12.2. The Balaban J connectivity index is 1.57. The number of halogens is 1. The molecule has 252 valence electrons. The fourth-order valence-corrected chi connectivity index (χ4v) is 8.44. The van der Waals surface area contributed by atoms with Crippen LogP contribution < -0.4 is 14.4 Å².